The molecule has 80 valence electrons. The lowest BCUT2D eigenvalue weighted by Crippen LogP contribution is -2.12. The summed E-state index contributed by atoms with van der Waals surface area (Å²) in [5, 5.41) is 0. The van der Waals surface area contributed by atoms with E-state index < -0.39 is 0 Å². The molecule has 0 fully saturated rings. The van der Waals surface area contributed by atoms with Crippen LogP contribution in [0.3, 0.4) is 0 Å². The first-order valence-corrected chi connectivity index (χ1v) is 5.70. The van der Waals surface area contributed by atoms with Gasteiger partial charge in [0.25, 0.3) is 0 Å². The standard InChI is InChI=1S/C13H11BrN2/c14-11-7-4-8-12(9-11)16-13(15)10-5-2-1-3-6-10/h1-9H,(H2,15,16). The fraction of sp³-hybridized carbons (Fsp3) is 0. The Bertz CT molecular complexity index is 506. The zero-order valence-electron chi connectivity index (χ0n) is 8.60. The first-order valence-electron chi connectivity index (χ1n) is 4.91. The van der Waals surface area contributed by atoms with Crippen molar-refractivity contribution in [3.8, 4) is 0 Å². The summed E-state index contributed by atoms with van der Waals surface area (Å²) >= 11 is 3.40. The Kier molecular flexibility index (Phi) is 3.37. The highest BCUT2D eigenvalue weighted by atomic mass is 79.9. The number of rotatable bonds is 2. The van der Waals surface area contributed by atoms with E-state index >= 15 is 0 Å². The number of nitrogens with two attached hydrogens (primary N) is 1. The third kappa shape index (κ3) is 2.70. The first-order chi connectivity index (χ1) is 7.75. The molecule has 0 aromatic heterocycles. The highest BCUT2D eigenvalue weighted by Crippen LogP contribution is 2.18. The number of halogens is 1. The second-order valence-corrected chi connectivity index (χ2v) is 4.26. The van der Waals surface area contributed by atoms with E-state index in [-0.39, 0.29) is 0 Å². The van der Waals surface area contributed by atoms with Crippen molar-refractivity contribution in [1.82, 2.24) is 0 Å². The average molecular weight is 275 g/mol. The van der Waals surface area contributed by atoms with E-state index in [0.717, 1.165) is 15.7 Å². The molecule has 0 saturated carbocycles. The molecule has 0 radical (unpaired) electrons. The van der Waals surface area contributed by atoms with E-state index in [1.165, 1.54) is 0 Å². The summed E-state index contributed by atoms with van der Waals surface area (Å²) in [6.45, 7) is 0. The van der Waals surface area contributed by atoms with Gasteiger partial charge < -0.3 is 5.73 Å². The molecule has 0 bridgehead atoms. The summed E-state index contributed by atoms with van der Waals surface area (Å²) in [6, 6.07) is 17.5. The molecule has 2 aromatic carbocycles. The SMILES string of the molecule is NC(=Nc1cccc(Br)c1)c1ccccc1. The van der Waals surface area contributed by atoms with Crippen LogP contribution >= 0.6 is 15.9 Å². The van der Waals surface area contributed by atoms with E-state index in [0.29, 0.717) is 5.84 Å². The minimum absolute atomic E-state index is 0.527. The van der Waals surface area contributed by atoms with Crippen LogP contribution < -0.4 is 5.73 Å². The zero-order valence-corrected chi connectivity index (χ0v) is 10.2. The second-order valence-electron chi connectivity index (χ2n) is 3.34. The predicted octanol–water partition coefficient (Wildman–Crippen LogP) is 3.49. The first kappa shape index (κ1) is 10.9. The molecule has 2 N–H and O–H groups in total. The molecule has 3 heteroatoms. The lowest BCUT2D eigenvalue weighted by atomic mass is 10.2. The molecule has 0 atom stereocenters. The number of benzene rings is 2. The van der Waals surface area contributed by atoms with Crippen molar-refractivity contribution < 1.29 is 0 Å². The van der Waals surface area contributed by atoms with Crippen LogP contribution in [0.5, 0.6) is 0 Å². The van der Waals surface area contributed by atoms with Gasteiger partial charge in [0.15, 0.2) is 0 Å². The molecule has 2 aromatic rings. The van der Waals surface area contributed by atoms with Crippen molar-refractivity contribution in [2.45, 2.75) is 0 Å². The highest BCUT2D eigenvalue weighted by Gasteiger charge is 1.97. The maximum absolute atomic E-state index is 5.91. The topological polar surface area (TPSA) is 38.4 Å². The molecule has 2 nitrogen and oxygen atoms in total. The molecule has 0 amide bonds. The van der Waals surface area contributed by atoms with E-state index in [9.17, 15) is 0 Å². The Hall–Kier alpha value is -1.61. The minimum atomic E-state index is 0.527. The molecule has 0 saturated heterocycles. The van der Waals surface area contributed by atoms with E-state index in [1.807, 2.05) is 54.6 Å². The molecule has 0 aliphatic rings. The Morgan fingerprint density at radius 1 is 1.00 bits per heavy atom. The summed E-state index contributed by atoms with van der Waals surface area (Å²) < 4.78 is 0.995. The maximum atomic E-state index is 5.91. The van der Waals surface area contributed by atoms with Gasteiger partial charge >= 0.3 is 0 Å². The van der Waals surface area contributed by atoms with Crippen molar-refractivity contribution in [2.75, 3.05) is 0 Å². The smallest absolute Gasteiger partial charge is 0.131 e. The summed E-state index contributed by atoms with van der Waals surface area (Å²) in [6.07, 6.45) is 0. The Labute approximate surface area is 103 Å². The monoisotopic (exact) mass is 274 g/mol. The lowest BCUT2D eigenvalue weighted by molar-refractivity contribution is 1.44. The van der Waals surface area contributed by atoms with Crippen LogP contribution in [-0.2, 0) is 0 Å². The highest BCUT2D eigenvalue weighted by molar-refractivity contribution is 9.10. The van der Waals surface area contributed by atoms with Gasteiger partial charge in [-0.25, -0.2) is 4.99 Å². The quantitative estimate of drug-likeness (QED) is 0.661. The number of hydrogen-bond donors (Lipinski definition) is 1. The van der Waals surface area contributed by atoms with Crippen molar-refractivity contribution in [3.63, 3.8) is 0 Å². The van der Waals surface area contributed by atoms with Gasteiger partial charge in [0.05, 0.1) is 5.69 Å². The fourth-order valence-corrected chi connectivity index (χ4v) is 1.75. The average Bonchev–Trinajstić information content (AvgIpc) is 2.30. The summed E-state index contributed by atoms with van der Waals surface area (Å²) in [4.78, 5) is 4.35. The molecule has 0 unspecified atom stereocenters. The predicted molar refractivity (Wildman–Crippen MR) is 71.0 cm³/mol. The van der Waals surface area contributed by atoms with Gasteiger partial charge in [-0.3, -0.25) is 0 Å². The number of amidine groups is 1. The van der Waals surface area contributed by atoms with E-state index in [1.54, 1.807) is 0 Å². The zero-order chi connectivity index (χ0) is 11.4. The molecule has 0 aliphatic heterocycles. The molecule has 0 aliphatic carbocycles. The van der Waals surface area contributed by atoms with Crippen LogP contribution in [0.2, 0.25) is 0 Å². The fourth-order valence-electron chi connectivity index (χ4n) is 1.36. The van der Waals surface area contributed by atoms with Crippen LogP contribution in [-0.4, -0.2) is 5.84 Å². The van der Waals surface area contributed by atoms with Crippen LogP contribution in [0.4, 0.5) is 5.69 Å². The van der Waals surface area contributed by atoms with Crippen LogP contribution in [0, 0.1) is 0 Å². The van der Waals surface area contributed by atoms with Gasteiger partial charge in [-0.2, -0.15) is 0 Å². The molecule has 16 heavy (non-hydrogen) atoms. The van der Waals surface area contributed by atoms with Crippen molar-refractivity contribution in [2.24, 2.45) is 10.7 Å². The maximum Gasteiger partial charge on any atom is 0.131 e. The van der Waals surface area contributed by atoms with Crippen LogP contribution in [0.1, 0.15) is 5.56 Å². The van der Waals surface area contributed by atoms with Gasteiger partial charge in [-0.1, -0.05) is 52.3 Å². The second kappa shape index (κ2) is 4.94. The lowest BCUT2D eigenvalue weighted by Gasteiger charge is -2.00. The number of hydrogen-bond acceptors (Lipinski definition) is 1. The van der Waals surface area contributed by atoms with Gasteiger partial charge in [0.2, 0.25) is 0 Å². The molecule has 0 heterocycles. The summed E-state index contributed by atoms with van der Waals surface area (Å²) in [5.74, 6) is 0.527. The van der Waals surface area contributed by atoms with Crippen molar-refractivity contribution in [1.29, 1.82) is 0 Å². The van der Waals surface area contributed by atoms with E-state index in [2.05, 4.69) is 20.9 Å². The van der Waals surface area contributed by atoms with Gasteiger partial charge in [-0.05, 0) is 18.2 Å². The molecular weight excluding hydrogens is 264 g/mol. The Morgan fingerprint density at radius 2 is 1.75 bits per heavy atom. The van der Waals surface area contributed by atoms with Gasteiger partial charge in [-0.15, -0.1) is 0 Å². The van der Waals surface area contributed by atoms with Crippen LogP contribution in [0.25, 0.3) is 0 Å². The van der Waals surface area contributed by atoms with Gasteiger partial charge in [0, 0.05) is 10.0 Å². The van der Waals surface area contributed by atoms with Crippen molar-refractivity contribution in [3.05, 3.63) is 64.6 Å². The normalized spacial score (nSPS) is 11.4. The van der Waals surface area contributed by atoms with E-state index in [4.69, 9.17) is 5.73 Å². The molecule has 0 spiro atoms. The third-order valence-corrected chi connectivity index (χ3v) is 2.62. The Morgan fingerprint density at radius 3 is 2.44 bits per heavy atom. The number of aliphatic imine (C=N–C) groups is 1. The molecule has 2 rings (SSSR count). The number of nitrogens with zero attached hydrogens (tertiary/aromatic N) is 1. The van der Waals surface area contributed by atoms with Crippen molar-refractivity contribution >= 4 is 27.5 Å². The molecular formula is C13H11BrN2. The van der Waals surface area contributed by atoms with Gasteiger partial charge in [0.1, 0.15) is 5.84 Å². The minimum Gasteiger partial charge on any atom is -0.383 e. The largest absolute Gasteiger partial charge is 0.383 e. The van der Waals surface area contributed by atoms with Crippen LogP contribution in [0.15, 0.2) is 64.1 Å². The summed E-state index contributed by atoms with van der Waals surface area (Å²) in [7, 11) is 0. The summed E-state index contributed by atoms with van der Waals surface area (Å²) in [5.41, 5.74) is 7.69. The Balaban J connectivity index is 2.32. The third-order valence-electron chi connectivity index (χ3n) is 2.13.